The summed E-state index contributed by atoms with van der Waals surface area (Å²) in [6, 6.07) is 3.97. The van der Waals surface area contributed by atoms with E-state index in [2.05, 4.69) is 9.88 Å². The summed E-state index contributed by atoms with van der Waals surface area (Å²) in [5, 5.41) is 0. The lowest BCUT2D eigenvalue weighted by molar-refractivity contribution is 0.190. The fourth-order valence-corrected chi connectivity index (χ4v) is 1.65. The summed E-state index contributed by atoms with van der Waals surface area (Å²) in [6.45, 7) is 3.02. The number of halogens is 1. The molecule has 1 rings (SSSR count). The van der Waals surface area contributed by atoms with Gasteiger partial charge in [-0.2, -0.15) is 0 Å². The molecule has 0 bridgehead atoms. The molecule has 17 heavy (non-hydrogen) atoms. The Morgan fingerprint density at radius 3 is 2.41 bits per heavy atom. The van der Waals surface area contributed by atoms with Gasteiger partial charge in [-0.1, -0.05) is 0 Å². The number of nitrogens with zero attached hydrogens (tertiary/aromatic N) is 2. The number of hydrogen-bond donors (Lipinski definition) is 0. The second-order valence-corrected chi connectivity index (χ2v) is 3.88. The highest BCUT2D eigenvalue weighted by Gasteiger charge is 2.07. The summed E-state index contributed by atoms with van der Waals surface area (Å²) >= 11 is 5.78. The zero-order valence-electron chi connectivity index (χ0n) is 10.4. The van der Waals surface area contributed by atoms with Crippen LogP contribution >= 0.6 is 11.6 Å². The van der Waals surface area contributed by atoms with Gasteiger partial charge in [0.1, 0.15) is 0 Å². The van der Waals surface area contributed by atoms with Crippen molar-refractivity contribution in [3.8, 4) is 0 Å². The van der Waals surface area contributed by atoms with Crippen LogP contribution in [0, 0.1) is 0 Å². The monoisotopic (exact) mass is 258 g/mol. The van der Waals surface area contributed by atoms with Crippen LogP contribution in [0.2, 0.25) is 0 Å². The summed E-state index contributed by atoms with van der Waals surface area (Å²) in [5.74, 6) is 0.427. The molecular weight excluding hydrogens is 240 g/mol. The molecule has 0 saturated heterocycles. The molecule has 0 amide bonds. The molecule has 0 aliphatic carbocycles. The third-order valence-electron chi connectivity index (χ3n) is 2.43. The minimum Gasteiger partial charge on any atom is -0.383 e. The van der Waals surface area contributed by atoms with Crippen LogP contribution in [-0.4, -0.2) is 45.5 Å². The maximum Gasteiger partial charge on any atom is 0.0648 e. The number of pyridine rings is 1. The van der Waals surface area contributed by atoms with E-state index in [1.54, 1.807) is 20.4 Å². The molecule has 0 saturated carbocycles. The molecule has 5 heteroatoms. The van der Waals surface area contributed by atoms with Gasteiger partial charge in [0.25, 0.3) is 0 Å². The largest absolute Gasteiger partial charge is 0.383 e. The second-order valence-electron chi connectivity index (χ2n) is 3.61. The number of rotatable bonds is 8. The average molecular weight is 259 g/mol. The van der Waals surface area contributed by atoms with E-state index < -0.39 is 0 Å². The molecule has 0 aromatic carbocycles. The minimum atomic E-state index is 0.427. The Morgan fingerprint density at radius 1 is 1.24 bits per heavy atom. The number of methoxy groups -OCH3 is 2. The smallest absolute Gasteiger partial charge is 0.0648 e. The van der Waals surface area contributed by atoms with Crippen molar-refractivity contribution in [2.45, 2.75) is 5.88 Å². The summed E-state index contributed by atoms with van der Waals surface area (Å²) < 4.78 is 10.2. The van der Waals surface area contributed by atoms with Gasteiger partial charge in [-0.3, -0.25) is 4.98 Å². The van der Waals surface area contributed by atoms with E-state index >= 15 is 0 Å². The molecule has 0 unspecified atom stereocenters. The summed E-state index contributed by atoms with van der Waals surface area (Å²) in [4.78, 5) is 6.38. The summed E-state index contributed by atoms with van der Waals surface area (Å²) in [7, 11) is 3.40. The summed E-state index contributed by atoms with van der Waals surface area (Å²) in [6.07, 6.45) is 1.78. The van der Waals surface area contributed by atoms with Crippen LogP contribution in [0.4, 0.5) is 5.69 Å². The highest BCUT2D eigenvalue weighted by molar-refractivity contribution is 6.16. The van der Waals surface area contributed by atoms with Crippen LogP contribution in [0.25, 0.3) is 0 Å². The van der Waals surface area contributed by atoms with Gasteiger partial charge >= 0.3 is 0 Å². The van der Waals surface area contributed by atoms with Gasteiger partial charge in [0.05, 0.1) is 24.8 Å². The zero-order valence-corrected chi connectivity index (χ0v) is 11.1. The normalized spacial score (nSPS) is 10.5. The van der Waals surface area contributed by atoms with Crippen LogP contribution in [0.15, 0.2) is 18.3 Å². The zero-order chi connectivity index (χ0) is 12.5. The average Bonchev–Trinajstić information content (AvgIpc) is 2.39. The van der Waals surface area contributed by atoms with Gasteiger partial charge < -0.3 is 14.4 Å². The third kappa shape index (κ3) is 4.89. The number of anilines is 1. The van der Waals surface area contributed by atoms with E-state index in [1.165, 1.54) is 0 Å². The lowest BCUT2D eigenvalue weighted by atomic mass is 10.3. The lowest BCUT2D eigenvalue weighted by Gasteiger charge is -2.24. The van der Waals surface area contributed by atoms with E-state index in [0.717, 1.165) is 24.5 Å². The van der Waals surface area contributed by atoms with Crippen molar-refractivity contribution in [3.05, 3.63) is 24.0 Å². The molecule has 0 radical (unpaired) electrons. The Kier molecular flexibility index (Phi) is 6.93. The number of hydrogen-bond acceptors (Lipinski definition) is 4. The van der Waals surface area contributed by atoms with Crippen molar-refractivity contribution in [1.29, 1.82) is 0 Å². The van der Waals surface area contributed by atoms with E-state index in [4.69, 9.17) is 21.1 Å². The Hall–Kier alpha value is -0.840. The molecule has 0 N–H and O–H groups in total. The standard InChI is InChI=1S/C12H19ClN2O2/c1-16-7-5-15(6-8-17-2)12-3-4-14-11(9-12)10-13/h3-4,9H,5-8,10H2,1-2H3. The van der Waals surface area contributed by atoms with E-state index in [9.17, 15) is 0 Å². The first-order valence-corrected chi connectivity index (χ1v) is 6.09. The highest BCUT2D eigenvalue weighted by Crippen LogP contribution is 2.15. The van der Waals surface area contributed by atoms with Gasteiger partial charge in [-0.25, -0.2) is 0 Å². The van der Waals surface area contributed by atoms with Crippen molar-refractivity contribution in [2.75, 3.05) is 45.4 Å². The summed E-state index contributed by atoms with van der Waals surface area (Å²) in [5.41, 5.74) is 1.98. The van der Waals surface area contributed by atoms with Gasteiger partial charge in [-0.15, -0.1) is 11.6 Å². The Morgan fingerprint density at radius 2 is 1.88 bits per heavy atom. The molecule has 1 heterocycles. The van der Waals surface area contributed by atoms with Gasteiger partial charge in [-0.05, 0) is 12.1 Å². The Bertz CT molecular complexity index is 315. The highest BCUT2D eigenvalue weighted by atomic mass is 35.5. The van der Waals surface area contributed by atoms with Crippen LogP contribution in [0.1, 0.15) is 5.69 Å². The van der Waals surface area contributed by atoms with Gasteiger partial charge in [0.2, 0.25) is 0 Å². The van der Waals surface area contributed by atoms with E-state index in [-0.39, 0.29) is 0 Å². The van der Waals surface area contributed by atoms with E-state index in [0.29, 0.717) is 19.1 Å². The van der Waals surface area contributed by atoms with Gasteiger partial charge in [0.15, 0.2) is 0 Å². The molecule has 0 aliphatic rings. The quantitative estimate of drug-likeness (QED) is 0.668. The molecule has 4 nitrogen and oxygen atoms in total. The minimum absolute atomic E-state index is 0.427. The fourth-order valence-electron chi connectivity index (χ4n) is 1.51. The predicted octanol–water partition coefficient (Wildman–Crippen LogP) is 1.92. The molecule has 96 valence electrons. The number of ether oxygens (including phenoxy) is 2. The van der Waals surface area contributed by atoms with Crippen LogP contribution in [-0.2, 0) is 15.4 Å². The molecule has 0 spiro atoms. The van der Waals surface area contributed by atoms with Crippen LogP contribution in [0.3, 0.4) is 0 Å². The fraction of sp³-hybridized carbons (Fsp3) is 0.583. The molecule has 0 fully saturated rings. The lowest BCUT2D eigenvalue weighted by Crippen LogP contribution is -2.30. The molecular formula is C12H19ClN2O2. The van der Waals surface area contributed by atoms with Crippen molar-refractivity contribution in [1.82, 2.24) is 4.98 Å². The first-order valence-electron chi connectivity index (χ1n) is 5.55. The van der Waals surface area contributed by atoms with Gasteiger partial charge in [0, 0.05) is 39.2 Å². The van der Waals surface area contributed by atoms with Crippen molar-refractivity contribution >= 4 is 17.3 Å². The Balaban J connectivity index is 2.71. The van der Waals surface area contributed by atoms with Crippen molar-refractivity contribution in [3.63, 3.8) is 0 Å². The SMILES string of the molecule is COCCN(CCOC)c1ccnc(CCl)c1. The molecule has 0 aliphatic heterocycles. The van der Waals surface area contributed by atoms with Crippen LogP contribution in [0.5, 0.6) is 0 Å². The maximum absolute atomic E-state index is 5.78. The first-order chi connectivity index (χ1) is 8.31. The first kappa shape index (κ1) is 14.2. The van der Waals surface area contributed by atoms with Crippen LogP contribution < -0.4 is 4.90 Å². The molecule has 1 aromatic rings. The third-order valence-corrected chi connectivity index (χ3v) is 2.71. The number of aromatic nitrogens is 1. The number of alkyl halides is 1. The van der Waals surface area contributed by atoms with Crippen molar-refractivity contribution in [2.24, 2.45) is 0 Å². The van der Waals surface area contributed by atoms with E-state index in [1.807, 2.05) is 12.1 Å². The topological polar surface area (TPSA) is 34.6 Å². The predicted molar refractivity (Wildman–Crippen MR) is 69.8 cm³/mol. The molecule has 0 atom stereocenters. The second kappa shape index (κ2) is 8.28. The maximum atomic E-state index is 5.78. The Labute approximate surface area is 107 Å². The van der Waals surface area contributed by atoms with Crippen molar-refractivity contribution < 1.29 is 9.47 Å². The molecule has 1 aromatic heterocycles.